The lowest BCUT2D eigenvalue weighted by Crippen LogP contribution is -2.27. The lowest BCUT2D eigenvalue weighted by molar-refractivity contribution is 0.0699. The molecule has 0 spiro atoms. The van der Waals surface area contributed by atoms with Crippen LogP contribution in [-0.2, 0) is 6.42 Å². The number of carboxylic acids is 1. The van der Waals surface area contributed by atoms with Crippen LogP contribution in [0.3, 0.4) is 0 Å². The Bertz CT molecular complexity index is 676. The standard InChI is InChI=1S/C17H20N2O2/c1-2-11-3-4-15-13(9-11)14(17(20)21)10-16(19-15)12-5-7-18-8-6-12/h3-4,9-10,12,18H,2,5-8H2,1H3,(H,20,21). The number of hydrogen-bond acceptors (Lipinski definition) is 3. The van der Waals surface area contributed by atoms with E-state index in [9.17, 15) is 9.90 Å². The van der Waals surface area contributed by atoms with E-state index in [0.29, 0.717) is 11.5 Å². The molecule has 1 aliphatic heterocycles. The monoisotopic (exact) mass is 284 g/mol. The molecular weight excluding hydrogens is 264 g/mol. The molecule has 1 aromatic heterocycles. The molecule has 2 heterocycles. The summed E-state index contributed by atoms with van der Waals surface area (Å²) in [5.74, 6) is -0.509. The molecule has 1 saturated heterocycles. The minimum absolute atomic E-state index is 0.361. The minimum atomic E-state index is -0.870. The Labute approximate surface area is 124 Å². The maximum absolute atomic E-state index is 11.6. The summed E-state index contributed by atoms with van der Waals surface area (Å²) in [4.78, 5) is 16.3. The highest BCUT2D eigenvalue weighted by Crippen LogP contribution is 2.28. The van der Waals surface area contributed by atoms with Gasteiger partial charge < -0.3 is 10.4 Å². The second kappa shape index (κ2) is 5.82. The van der Waals surface area contributed by atoms with Crippen molar-refractivity contribution in [2.45, 2.75) is 32.1 Å². The van der Waals surface area contributed by atoms with Crippen LogP contribution in [0.2, 0.25) is 0 Å². The first-order chi connectivity index (χ1) is 10.2. The number of hydrogen-bond donors (Lipinski definition) is 2. The molecule has 110 valence electrons. The number of benzene rings is 1. The van der Waals surface area contributed by atoms with Crippen molar-refractivity contribution in [2.75, 3.05) is 13.1 Å². The lowest BCUT2D eigenvalue weighted by Gasteiger charge is -2.22. The van der Waals surface area contributed by atoms with Crippen molar-refractivity contribution in [2.24, 2.45) is 0 Å². The number of pyridine rings is 1. The minimum Gasteiger partial charge on any atom is -0.478 e. The van der Waals surface area contributed by atoms with E-state index in [1.807, 2.05) is 18.2 Å². The molecule has 2 N–H and O–H groups in total. The number of nitrogens with zero attached hydrogens (tertiary/aromatic N) is 1. The van der Waals surface area contributed by atoms with Crippen LogP contribution >= 0.6 is 0 Å². The van der Waals surface area contributed by atoms with Crippen LogP contribution in [0.5, 0.6) is 0 Å². The molecule has 0 amide bonds. The Balaban J connectivity index is 2.13. The highest BCUT2D eigenvalue weighted by molar-refractivity contribution is 6.02. The number of aromatic carboxylic acids is 1. The number of rotatable bonds is 3. The van der Waals surface area contributed by atoms with Gasteiger partial charge in [0.05, 0.1) is 11.1 Å². The van der Waals surface area contributed by atoms with Crippen LogP contribution in [0.25, 0.3) is 10.9 Å². The van der Waals surface area contributed by atoms with Gasteiger partial charge in [-0.3, -0.25) is 4.98 Å². The van der Waals surface area contributed by atoms with Gasteiger partial charge in [0.2, 0.25) is 0 Å². The van der Waals surface area contributed by atoms with Crippen molar-refractivity contribution in [3.63, 3.8) is 0 Å². The maximum Gasteiger partial charge on any atom is 0.336 e. The van der Waals surface area contributed by atoms with Crippen LogP contribution in [0.1, 0.15) is 47.3 Å². The molecule has 4 nitrogen and oxygen atoms in total. The summed E-state index contributed by atoms with van der Waals surface area (Å²) in [5.41, 5.74) is 3.23. The zero-order chi connectivity index (χ0) is 14.8. The third kappa shape index (κ3) is 2.76. The molecule has 1 fully saturated rings. The van der Waals surface area contributed by atoms with Gasteiger partial charge in [0.15, 0.2) is 0 Å². The van der Waals surface area contributed by atoms with Crippen molar-refractivity contribution in [1.82, 2.24) is 10.3 Å². The molecule has 21 heavy (non-hydrogen) atoms. The molecule has 0 bridgehead atoms. The summed E-state index contributed by atoms with van der Waals surface area (Å²) < 4.78 is 0. The maximum atomic E-state index is 11.6. The summed E-state index contributed by atoms with van der Waals surface area (Å²) in [6.07, 6.45) is 2.93. The predicted molar refractivity (Wildman–Crippen MR) is 82.9 cm³/mol. The van der Waals surface area contributed by atoms with Crippen molar-refractivity contribution in [3.8, 4) is 0 Å². The summed E-state index contributed by atoms with van der Waals surface area (Å²) in [5, 5.41) is 13.6. The van der Waals surface area contributed by atoms with Crippen LogP contribution in [0.4, 0.5) is 0 Å². The van der Waals surface area contributed by atoms with Crippen molar-refractivity contribution in [1.29, 1.82) is 0 Å². The molecule has 2 aromatic rings. The fourth-order valence-corrected chi connectivity index (χ4v) is 3.02. The normalized spacial score (nSPS) is 16.2. The Morgan fingerprint density at radius 2 is 2.10 bits per heavy atom. The Morgan fingerprint density at radius 3 is 2.76 bits per heavy atom. The summed E-state index contributed by atoms with van der Waals surface area (Å²) in [6, 6.07) is 7.72. The average Bonchev–Trinajstić information content (AvgIpc) is 2.54. The third-order valence-corrected chi connectivity index (χ3v) is 4.29. The van der Waals surface area contributed by atoms with Gasteiger partial charge in [0, 0.05) is 17.0 Å². The fraction of sp³-hybridized carbons (Fsp3) is 0.412. The summed E-state index contributed by atoms with van der Waals surface area (Å²) >= 11 is 0. The molecular formula is C17H20N2O2. The van der Waals surface area contributed by atoms with Crippen molar-refractivity contribution < 1.29 is 9.90 Å². The molecule has 0 saturated carbocycles. The number of carbonyl (C=O) groups is 1. The highest BCUT2D eigenvalue weighted by Gasteiger charge is 2.20. The number of carboxylic acid groups (broad SMARTS) is 1. The molecule has 3 rings (SSSR count). The fourth-order valence-electron chi connectivity index (χ4n) is 3.02. The predicted octanol–water partition coefficient (Wildman–Crippen LogP) is 2.96. The van der Waals surface area contributed by atoms with Gasteiger partial charge in [-0.2, -0.15) is 0 Å². The quantitative estimate of drug-likeness (QED) is 0.909. The van der Waals surface area contributed by atoms with Crippen molar-refractivity contribution >= 4 is 16.9 Å². The van der Waals surface area contributed by atoms with Gasteiger partial charge in [-0.1, -0.05) is 13.0 Å². The molecule has 0 aliphatic carbocycles. The molecule has 1 aliphatic rings. The van der Waals surface area contributed by atoms with Crippen molar-refractivity contribution in [3.05, 3.63) is 41.1 Å². The lowest BCUT2D eigenvalue weighted by atomic mass is 9.92. The summed E-state index contributed by atoms with van der Waals surface area (Å²) in [6.45, 7) is 4.02. The zero-order valence-electron chi connectivity index (χ0n) is 12.2. The first-order valence-electron chi connectivity index (χ1n) is 7.56. The number of fused-ring (bicyclic) bond motifs is 1. The van der Waals surface area contributed by atoms with Gasteiger partial charge in [-0.15, -0.1) is 0 Å². The van der Waals surface area contributed by atoms with E-state index < -0.39 is 5.97 Å². The first kappa shape index (κ1) is 14.0. The average molecular weight is 284 g/mol. The Morgan fingerprint density at radius 1 is 1.33 bits per heavy atom. The highest BCUT2D eigenvalue weighted by atomic mass is 16.4. The van der Waals surface area contributed by atoms with Crippen LogP contribution in [0, 0.1) is 0 Å². The number of aromatic nitrogens is 1. The molecule has 1 aromatic carbocycles. The van der Waals surface area contributed by atoms with E-state index in [2.05, 4.69) is 12.2 Å². The largest absolute Gasteiger partial charge is 0.478 e. The third-order valence-electron chi connectivity index (χ3n) is 4.29. The van der Waals surface area contributed by atoms with E-state index >= 15 is 0 Å². The number of aryl methyl sites for hydroxylation is 1. The zero-order valence-corrected chi connectivity index (χ0v) is 12.2. The molecule has 0 unspecified atom stereocenters. The van der Waals surface area contributed by atoms with E-state index in [1.165, 1.54) is 0 Å². The van der Waals surface area contributed by atoms with Gasteiger partial charge in [0.25, 0.3) is 0 Å². The Hall–Kier alpha value is -1.94. The second-order valence-electron chi connectivity index (χ2n) is 5.63. The topological polar surface area (TPSA) is 62.2 Å². The van der Waals surface area contributed by atoms with Gasteiger partial charge >= 0.3 is 5.97 Å². The van der Waals surface area contributed by atoms with Gasteiger partial charge in [-0.05, 0) is 56.1 Å². The smallest absolute Gasteiger partial charge is 0.336 e. The Kier molecular flexibility index (Phi) is 3.88. The SMILES string of the molecule is CCc1ccc2nc(C3CCNCC3)cc(C(=O)O)c2c1. The van der Waals surface area contributed by atoms with Gasteiger partial charge in [-0.25, -0.2) is 4.79 Å². The number of nitrogens with one attached hydrogen (secondary N) is 1. The van der Waals surface area contributed by atoms with Crippen LogP contribution in [0.15, 0.2) is 24.3 Å². The molecule has 0 atom stereocenters. The second-order valence-corrected chi connectivity index (χ2v) is 5.63. The van der Waals surface area contributed by atoms with Crippen LogP contribution < -0.4 is 5.32 Å². The first-order valence-corrected chi connectivity index (χ1v) is 7.56. The van der Waals surface area contributed by atoms with Crippen LogP contribution in [-0.4, -0.2) is 29.1 Å². The van der Waals surface area contributed by atoms with E-state index in [-0.39, 0.29) is 0 Å². The van der Waals surface area contributed by atoms with E-state index in [1.54, 1.807) is 6.07 Å². The number of piperidine rings is 1. The van der Waals surface area contributed by atoms with E-state index in [4.69, 9.17) is 4.98 Å². The van der Waals surface area contributed by atoms with E-state index in [0.717, 1.165) is 54.5 Å². The van der Waals surface area contributed by atoms with Gasteiger partial charge in [0.1, 0.15) is 0 Å². The molecule has 0 radical (unpaired) electrons. The molecule has 4 heteroatoms. The summed E-state index contributed by atoms with van der Waals surface area (Å²) in [7, 11) is 0.